The lowest BCUT2D eigenvalue weighted by molar-refractivity contribution is 0.843. The van der Waals surface area contributed by atoms with Crippen LogP contribution >= 0.6 is 23.2 Å². The van der Waals surface area contributed by atoms with Gasteiger partial charge in [0.15, 0.2) is 6.20 Å². The van der Waals surface area contributed by atoms with Crippen LogP contribution in [0.1, 0.15) is 28.4 Å². The summed E-state index contributed by atoms with van der Waals surface area (Å²) in [6.07, 6.45) is 4.94. The summed E-state index contributed by atoms with van der Waals surface area (Å²) in [5.74, 6) is 0.0194. The Morgan fingerprint density at radius 2 is 1.41 bits per heavy atom. The fraction of sp³-hybridized carbons (Fsp3) is 0.0714. The zero-order valence-corrected chi connectivity index (χ0v) is 19.7. The van der Waals surface area contributed by atoms with Crippen molar-refractivity contribution in [2.24, 2.45) is 0 Å². The Kier molecular flexibility index (Phi) is 9.38. The van der Waals surface area contributed by atoms with Crippen molar-refractivity contribution in [3.05, 3.63) is 159 Å². The minimum absolute atomic E-state index is 0.0194. The quantitative estimate of drug-likeness (QED) is 0.271. The van der Waals surface area contributed by atoms with Gasteiger partial charge in [-0.25, -0.2) is 11.4 Å². The highest BCUT2D eigenvalue weighted by molar-refractivity contribution is 6.30. The summed E-state index contributed by atoms with van der Waals surface area (Å²) in [7, 11) is 0. The number of benzene rings is 2. The van der Waals surface area contributed by atoms with Gasteiger partial charge in [0.25, 0.3) is 0 Å². The highest BCUT2D eigenvalue weighted by Crippen LogP contribution is 2.25. The molecular weight excluding hydrogens is 463 g/mol. The van der Waals surface area contributed by atoms with Crippen LogP contribution in [0.15, 0.2) is 104 Å². The zero-order valence-electron chi connectivity index (χ0n) is 18.1. The van der Waals surface area contributed by atoms with Crippen molar-refractivity contribution in [2.75, 3.05) is 6.54 Å². The number of hydrogen-bond acceptors (Lipinski definition) is 2. The van der Waals surface area contributed by atoms with E-state index in [0.29, 0.717) is 16.6 Å². The molecule has 0 radical (unpaired) electrons. The molecular formula is C28H20Cl2N4. The van der Waals surface area contributed by atoms with Gasteiger partial charge in [-0.05, 0) is 59.7 Å². The first-order valence-corrected chi connectivity index (χ1v) is 11.1. The molecule has 0 saturated heterocycles. The van der Waals surface area contributed by atoms with Gasteiger partial charge in [-0.1, -0.05) is 59.6 Å². The third-order valence-corrected chi connectivity index (χ3v) is 5.38. The van der Waals surface area contributed by atoms with Crippen molar-refractivity contribution in [1.29, 1.82) is 0 Å². The lowest BCUT2D eigenvalue weighted by Gasteiger charge is -2.11. The zero-order chi connectivity index (χ0) is 24.2. The van der Waals surface area contributed by atoms with E-state index in [1.165, 1.54) is 6.20 Å². The second kappa shape index (κ2) is 12.9. The van der Waals surface area contributed by atoms with E-state index < -0.39 is 0 Å². The van der Waals surface area contributed by atoms with Crippen molar-refractivity contribution < 1.29 is 0 Å². The van der Waals surface area contributed by atoms with Crippen LogP contribution in [0, 0.1) is 13.1 Å². The fourth-order valence-electron chi connectivity index (χ4n) is 3.24. The molecule has 0 spiro atoms. The van der Waals surface area contributed by atoms with Crippen LogP contribution in [0.5, 0.6) is 0 Å². The molecule has 0 amide bonds. The van der Waals surface area contributed by atoms with Crippen molar-refractivity contribution in [3.8, 4) is 0 Å². The molecule has 2 aromatic heterocycles. The van der Waals surface area contributed by atoms with Crippen LogP contribution in [0.3, 0.4) is 0 Å². The van der Waals surface area contributed by atoms with E-state index in [9.17, 15) is 0 Å². The topological polar surface area (TPSA) is 34.5 Å². The molecule has 1 atom stereocenters. The largest absolute Gasteiger partial charge is 0.316 e. The summed E-state index contributed by atoms with van der Waals surface area (Å²) in [4.78, 5) is 15.4. The molecule has 0 fully saturated rings. The predicted octanol–water partition coefficient (Wildman–Crippen LogP) is 7.83. The molecule has 0 aliphatic carbocycles. The van der Waals surface area contributed by atoms with Crippen molar-refractivity contribution in [2.45, 2.75) is 5.92 Å². The van der Waals surface area contributed by atoms with Crippen molar-refractivity contribution in [1.82, 2.24) is 9.97 Å². The Balaban J connectivity index is 0.000000191. The Morgan fingerprint density at radius 3 is 1.94 bits per heavy atom. The molecule has 0 aliphatic heterocycles. The van der Waals surface area contributed by atoms with Gasteiger partial charge >= 0.3 is 0 Å². The average Bonchev–Trinajstić information content (AvgIpc) is 2.89. The van der Waals surface area contributed by atoms with E-state index in [4.69, 9.17) is 36.3 Å². The Morgan fingerprint density at radius 1 is 0.794 bits per heavy atom. The first-order chi connectivity index (χ1) is 16.6. The van der Waals surface area contributed by atoms with Crippen molar-refractivity contribution in [3.63, 3.8) is 0 Å². The number of halogens is 2. The average molecular weight is 483 g/mol. The number of nitrogens with zero attached hydrogens (tertiary/aromatic N) is 4. The van der Waals surface area contributed by atoms with Gasteiger partial charge < -0.3 is 4.85 Å². The molecule has 0 bridgehead atoms. The lowest BCUT2D eigenvalue weighted by Crippen LogP contribution is -2.05. The molecule has 6 heteroatoms. The van der Waals surface area contributed by atoms with Gasteiger partial charge in [0.05, 0.1) is 23.9 Å². The monoisotopic (exact) mass is 482 g/mol. The van der Waals surface area contributed by atoms with E-state index in [2.05, 4.69) is 19.7 Å². The molecule has 166 valence electrons. The Hall–Kier alpha value is -3.96. The molecule has 1 unspecified atom stereocenters. The van der Waals surface area contributed by atoms with E-state index in [-0.39, 0.29) is 5.92 Å². The number of hydrogen-bond donors (Lipinski definition) is 0. The van der Waals surface area contributed by atoms with Gasteiger partial charge in [0.2, 0.25) is 6.54 Å². The highest BCUT2D eigenvalue weighted by Gasteiger charge is 2.18. The summed E-state index contributed by atoms with van der Waals surface area (Å²) in [6, 6.07) is 26.4. The summed E-state index contributed by atoms with van der Waals surface area (Å²) >= 11 is 11.7. The van der Waals surface area contributed by atoms with Crippen molar-refractivity contribution >= 4 is 28.8 Å². The normalized spacial score (nSPS) is 11.4. The van der Waals surface area contributed by atoms with Gasteiger partial charge in [-0.3, -0.25) is 9.97 Å². The standard InChI is InChI=1S/C14H11ClN2.C14H9ClN2/c2*1-16-10-13(14-4-2-3-9-17-14)11-5-7-12(15)8-6-11/h2-9,13H,10H2;2-10H/b;13-10+. The summed E-state index contributed by atoms with van der Waals surface area (Å²) in [5.41, 5.74) is 4.52. The van der Waals surface area contributed by atoms with Gasteiger partial charge in [-0.2, -0.15) is 0 Å². The molecule has 34 heavy (non-hydrogen) atoms. The molecule has 4 nitrogen and oxygen atoms in total. The SMILES string of the molecule is [C-]#[N+]/C=C(\c1ccc(Cl)cc1)c1ccccn1.[C-]#[N+]CC(c1ccc(Cl)cc1)c1ccccn1. The maximum absolute atomic E-state index is 7.05. The van der Waals surface area contributed by atoms with Gasteiger partial charge in [-0.15, -0.1) is 0 Å². The second-order valence-electron chi connectivity index (χ2n) is 7.09. The number of rotatable bonds is 5. The van der Waals surface area contributed by atoms with Gasteiger partial charge in [0, 0.05) is 28.0 Å². The first-order valence-electron chi connectivity index (χ1n) is 10.4. The van der Waals surface area contributed by atoms with E-state index in [1.54, 1.807) is 24.5 Å². The molecule has 0 N–H and O–H groups in total. The van der Waals surface area contributed by atoms with E-state index in [1.807, 2.05) is 72.8 Å². The van der Waals surface area contributed by atoms with Crippen LogP contribution in [0.4, 0.5) is 0 Å². The van der Waals surface area contributed by atoms with Crippen LogP contribution < -0.4 is 0 Å². The summed E-state index contributed by atoms with van der Waals surface area (Å²) in [6.45, 7) is 14.4. The first kappa shape index (κ1) is 24.7. The van der Waals surface area contributed by atoms with Crippen LogP contribution in [-0.4, -0.2) is 16.5 Å². The molecule has 2 aromatic carbocycles. The molecule has 2 heterocycles. The predicted molar refractivity (Wildman–Crippen MR) is 138 cm³/mol. The second-order valence-corrected chi connectivity index (χ2v) is 7.97. The molecule has 0 saturated carbocycles. The number of aromatic nitrogens is 2. The van der Waals surface area contributed by atoms with Gasteiger partial charge in [0.1, 0.15) is 0 Å². The lowest BCUT2D eigenvalue weighted by atomic mass is 9.95. The Bertz CT molecular complexity index is 1290. The Labute approximate surface area is 209 Å². The molecule has 4 aromatic rings. The highest BCUT2D eigenvalue weighted by atomic mass is 35.5. The smallest absolute Gasteiger partial charge is 0.227 e. The summed E-state index contributed by atoms with van der Waals surface area (Å²) < 4.78 is 0. The summed E-state index contributed by atoms with van der Waals surface area (Å²) in [5, 5.41) is 1.38. The minimum atomic E-state index is 0.0194. The van der Waals surface area contributed by atoms with Crippen LogP contribution in [0.25, 0.3) is 15.3 Å². The minimum Gasteiger partial charge on any atom is -0.316 e. The van der Waals surface area contributed by atoms with Crippen LogP contribution in [-0.2, 0) is 0 Å². The fourth-order valence-corrected chi connectivity index (χ4v) is 3.49. The number of pyridine rings is 2. The van der Waals surface area contributed by atoms with E-state index in [0.717, 1.165) is 28.1 Å². The van der Waals surface area contributed by atoms with Crippen LogP contribution in [0.2, 0.25) is 10.0 Å². The van der Waals surface area contributed by atoms with E-state index >= 15 is 0 Å². The molecule has 4 rings (SSSR count). The maximum atomic E-state index is 7.05. The third kappa shape index (κ3) is 7.02. The maximum Gasteiger partial charge on any atom is 0.227 e. The molecule has 0 aliphatic rings. The third-order valence-electron chi connectivity index (χ3n) is 4.88.